The van der Waals surface area contributed by atoms with Crippen LogP contribution in [0.1, 0.15) is 99.7 Å². The number of Topliss-reactive ketones (excluding diaryl/α,β-unsaturated/α-hetero) is 1. The molecule has 0 amide bonds. The number of hydrogen-bond acceptors (Lipinski definition) is 2. The second-order valence-electron chi connectivity index (χ2n) is 9.63. The van der Waals surface area contributed by atoms with Crippen LogP contribution in [0.15, 0.2) is 48.5 Å². The van der Waals surface area contributed by atoms with Gasteiger partial charge in [-0.05, 0) is 91.7 Å². The second kappa shape index (κ2) is 10.1. The average molecular weight is 441 g/mol. The average Bonchev–Trinajstić information content (AvgIpc) is 2.81. The van der Waals surface area contributed by atoms with Crippen molar-refractivity contribution in [1.82, 2.24) is 0 Å². The van der Waals surface area contributed by atoms with Gasteiger partial charge in [0, 0.05) is 12.8 Å². The Morgan fingerprint density at radius 3 is 1.91 bits per heavy atom. The van der Waals surface area contributed by atoms with Crippen LogP contribution in [0.4, 0.5) is 8.78 Å². The van der Waals surface area contributed by atoms with E-state index in [-0.39, 0.29) is 11.3 Å². The maximum Gasteiger partial charge on any atom is 0.426 e. The quantitative estimate of drug-likeness (QED) is 0.434. The van der Waals surface area contributed by atoms with Gasteiger partial charge >= 0.3 is 6.11 Å². The van der Waals surface area contributed by atoms with Crippen molar-refractivity contribution in [1.29, 1.82) is 0 Å². The van der Waals surface area contributed by atoms with Gasteiger partial charge in [0.2, 0.25) is 0 Å². The van der Waals surface area contributed by atoms with Crippen molar-refractivity contribution in [3.05, 3.63) is 65.2 Å². The third kappa shape index (κ3) is 5.57. The van der Waals surface area contributed by atoms with E-state index in [4.69, 9.17) is 4.74 Å². The number of alkyl halides is 2. The van der Waals surface area contributed by atoms with Gasteiger partial charge in [-0.1, -0.05) is 44.0 Å². The molecule has 0 spiro atoms. The van der Waals surface area contributed by atoms with Crippen LogP contribution in [0.25, 0.3) is 0 Å². The number of carbonyl (C=O) groups is 1. The molecular formula is C28H34F2O2. The summed E-state index contributed by atoms with van der Waals surface area (Å²) >= 11 is 0. The largest absolute Gasteiger partial charge is 0.429 e. The smallest absolute Gasteiger partial charge is 0.426 e. The van der Waals surface area contributed by atoms with Crippen LogP contribution < -0.4 is 4.74 Å². The molecule has 2 saturated carbocycles. The van der Waals surface area contributed by atoms with Crippen LogP contribution in [-0.2, 0) is 10.9 Å². The molecule has 0 aromatic heterocycles. The zero-order chi connectivity index (χ0) is 22.6. The lowest BCUT2D eigenvalue weighted by atomic mass is 9.77. The van der Waals surface area contributed by atoms with E-state index in [1.807, 2.05) is 24.3 Å². The van der Waals surface area contributed by atoms with Gasteiger partial charge in [0.25, 0.3) is 0 Å². The number of benzene rings is 2. The Kier molecular flexibility index (Phi) is 7.27. The Labute approximate surface area is 190 Å². The summed E-state index contributed by atoms with van der Waals surface area (Å²) in [6.45, 7) is 2.24. The lowest BCUT2D eigenvalue weighted by Crippen LogP contribution is -2.22. The van der Waals surface area contributed by atoms with Crippen LogP contribution in [0.2, 0.25) is 0 Å². The van der Waals surface area contributed by atoms with Crippen molar-refractivity contribution in [2.24, 2.45) is 5.92 Å². The lowest BCUT2D eigenvalue weighted by Gasteiger charge is -2.29. The van der Waals surface area contributed by atoms with Crippen molar-refractivity contribution in [3.63, 3.8) is 0 Å². The number of rotatable bonds is 7. The van der Waals surface area contributed by atoms with Gasteiger partial charge in [-0.2, -0.15) is 8.78 Å². The maximum absolute atomic E-state index is 14.8. The van der Waals surface area contributed by atoms with Crippen molar-refractivity contribution in [2.45, 2.75) is 89.1 Å². The number of ether oxygens (including phenoxy) is 1. The third-order valence-electron chi connectivity index (χ3n) is 7.40. The van der Waals surface area contributed by atoms with Crippen molar-refractivity contribution in [3.8, 4) is 5.75 Å². The molecule has 0 aliphatic heterocycles. The van der Waals surface area contributed by atoms with Gasteiger partial charge in [0.1, 0.15) is 11.5 Å². The first kappa shape index (κ1) is 22.9. The molecule has 0 bridgehead atoms. The Morgan fingerprint density at radius 1 is 0.812 bits per heavy atom. The van der Waals surface area contributed by atoms with E-state index in [0.29, 0.717) is 30.5 Å². The van der Waals surface area contributed by atoms with E-state index < -0.39 is 6.11 Å². The Bertz CT molecular complexity index is 871. The highest BCUT2D eigenvalue weighted by atomic mass is 19.3. The fraction of sp³-hybridized carbons (Fsp3) is 0.536. The Hall–Kier alpha value is -2.23. The molecule has 0 atom stereocenters. The van der Waals surface area contributed by atoms with Gasteiger partial charge in [-0.3, -0.25) is 4.79 Å². The molecular weight excluding hydrogens is 406 g/mol. The molecule has 172 valence electrons. The summed E-state index contributed by atoms with van der Waals surface area (Å²) in [5, 5.41) is 0. The van der Waals surface area contributed by atoms with Crippen LogP contribution in [0.5, 0.6) is 5.75 Å². The molecule has 0 N–H and O–H groups in total. The van der Waals surface area contributed by atoms with Crippen molar-refractivity contribution in [2.75, 3.05) is 0 Å². The van der Waals surface area contributed by atoms with E-state index in [0.717, 1.165) is 42.7 Å². The SMILES string of the molecule is CCCC1CCC(c2ccc(C(F)(F)Oc3ccc(C4CCC(=O)CC4)cc3)cc2)CC1. The first-order valence-corrected chi connectivity index (χ1v) is 12.2. The predicted molar refractivity (Wildman–Crippen MR) is 123 cm³/mol. The summed E-state index contributed by atoms with van der Waals surface area (Å²) in [4.78, 5) is 11.4. The molecule has 0 saturated heterocycles. The van der Waals surface area contributed by atoms with E-state index in [2.05, 4.69) is 6.92 Å². The molecule has 2 aromatic carbocycles. The topological polar surface area (TPSA) is 26.3 Å². The minimum absolute atomic E-state index is 0.115. The highest BCUT2D eigenvalue weighted by molar-refractivity contribution is 5.79. The number of carbonyl (C=O) groups excluding carboxylic acids is 1. The molecule has 2 nitrogen and oxygen atoms in total. The van der Waals surface area contributed by atoms with Gasteiger partial charge in [-0.15, -0.1) is 0 Å². The predicted octanol–water partition coefficient (Wildman–Crippen LogP) is 8.12. The summed E-state index contributed by atoms with van der Waals surface area (Å²) in [5.74, 6) is 2.11. The zero-order valence-corrected chi connectivity index (χ0v) is 19.0. The van der Waals surface area contributed by atoms with Crippen LogP contribution in [0.3, 0.4) is 0 Å². The molecule has 0 radical (unpaired) electrons. The molecule has 0 heterocycles. The number of hydrogen-bond donors (Lipinski definition) is 0. The minimum atomic E-state index is -3.38. The third-order valence-corrected chi connectivity index (χ3v) is 7.40. The molecule has 2 aliphatic rings. The van der Waals surface area contributed by atoms with Crippen LogP contribution in [0, 0.1) is 5.92 Å². The fourth-order valence-electron chi connectivity index (χ4n) is 5.43. The summed E-state index contributed by atoms with van der Waals surface area (Å²) in [5.41, 5.74) is 2.14. The highest BCUT2D eigenvalue weighted by Crippen LogP contribution is 2.39. The van der Waals surface area contributed by atoms with E-state index in [1.54, 1.807) is 12.1 Å². The highest BCUT2D eigenvalue weighted by Gasteiger charge is 2.35. The monoisotopic (exact) mass is 440 g/mol. The Morgan fingerprint density at radius 2 is 1.34 bits per heavy atom. The van der Waals surface area contributed by atoms with E-state index in [1.165, 1.54) is 37.8 Å². The van der Waals surface area contributed by atoms with Gasteiger partial charge in [0.15, 0.2) is 0 Å². The summed E-state index contributed by atoms with van der Waals surface area (Å²) in [6.07, 6.45) is 6.84. The van der Waals surface area contributed by atoms with Gasteiger partial charge in [0.05, 0.1) is 5.56 Å². The van der Waals surface area contributed by atoms with Crippen molar-refractivity contribution >= 4 is 5.78 Å². The summed E-state index contributed by atoms with van der Waals surface area (Å²) < 4.78 is 34.7. The molecule has 2 fully saturated rings. The van der Waals surface area contributed by atoms with Gasteiger partial charge < -0.3 is 4.74 Å². The molecule has 2 aromatic rings. The fourth-order valence-corrected chi connectivity index (χ4v) is 5.43. The van der Waals surface area contributed by atoms with Crippen LogP contribution >= 0.6 is 0 Å². The van der Waals surface area contributed by atoms with E-state index >= 15 is 0 Å². The Balaban J connectivity index is 1.35. The second-order valence-corrected chi connectivity index (χ2v) is 9.63. The zero-order valence-electron chi connectivity index (χ0n) is 19.0. The maximum atomic E-state index is 14.8. The van der Waals surface area contributed by atoms with Crippen molar-refractivity contribution < 1.29 is 18.3 Å². The summed E-state index contributed by atoms with van der Waals surface area (Å²) in [6, 6.07) is 13.7. The summed E-state index contributed by atoms with van der Waals surface area (Å²) in [7, 11) is 0. The first-order valence-electron chi connectivity index (χ1n) is 12.2. The van der Waals surface area contributed by atoms with E-state index in [9.17, 15) is 13.6 Å². The first-order chi connectivity index (χ1) is 15.4. The molecule has 32 heavy (non-hydrogen) atoms. The van der Waals surface area contributed by atoms with Gasteiger partial charge in [-0.25, -0.2) is 0 Å². The number of ketones is 1. The molecule has 4 rings (SSSR count). The molecule has 0 unspecified atom stereocenters. The minimum Gasteiger partial charge on any atom is -0.429 e. The standard InChI is InChI=1S/C28H34F2O2/c1-2-3-20-4-6-21(7-5-20)22-8-14-25(15-9-22)28(29,30)32-27-18-12-24(13-19-27)23-10-16-26(31)17-11-23/h8-9,12-15,18-21,23H,2-7,10-11,16-17H2,1H3. The number of halogens is 2. The normalized spacial score (nSPS) is 22.7. The molecule has 4 heteroatoms. The lowest BCUT2D eigenvalue weighted by molar-refractivity contribution is -0.185. The molecule has 2 aliphatic carbocycles. The van der Waals surface area contributed by atoms with Crippen LogP contribution in [-0.4, -0.2) is 5.78 Å².